The molecule has 1 heterocycles. The fourth-order valence-corrected chi connectivity index (χ4v) is 2.55. The van der Waals surface area contributed by atoms with Gasteiger partial charge < -0.3 is 15.3 Å². The first-order valence-electron chi connectivity index (χ1n) is 6.93. The molecule has 4 nitrogen and oxygen atoms in total. The van der Waals surface area contributed by atoms with Gasteiger partial charge in [0.25, 0.3) is 5.91 Å². The maximum Gasteiger partial charge on any atom is 0.255 e. The van der Waals surface area contributed by atoms with E-state index in [1.54, 1.807) is 6.92 Å². The lowest BCUT2D eigenvalue weighted by molar-refractivity contribution is 0.0763. The first-order valence-corrected chi connectivity index (χ1v) is 6.93. The first kappa shape index (κ1) is 13.9. The molecule has 0 aliphatic carbocycles. The minimum Gasteiger partial charge on any atom is -0.393 e. The largest absolute Gasteiger partial charge is 0.393 e. The van der Waals surface area contributed by atoms with Gasteiger partial charge in [0.1, 0.15) is 0 Å². The number of aliphatic hydroxyl groups excluding tert-OH is 1. The molecule has 1 fully saturated rings. The normalized spacial score (nSPS) is 20.4. The Kier molecular flexibility index (Phi) is 4.43. The number of nitrogens with zero attached hydrogens (tertiary/aromatic N) is 1. The molecule has 4 heteroatoms. The highest BCUT2D eigenvalue weighted by Crippen LogP contribution is 2.24. The minimum atomic E-state index is -0.346. The monoisotopic (exact) mass is 262 g/mol. The number of nitrogens with one attached hydrogen (secondary N) is 1. The molecule has 104 valence electrons. The van der Waals surface area contributed by atoms with E-state index < -0.39 is 0 Å². The molecule has 1 aliphatic rings. The molecule has 2 unspecified atom stereocenters. The number of para-hydroxylation sites is 1. The summed E-state index contributed by atoms with van der Waals surface area (Å²) in [4.78, 5) is 14.4. The summed E-state index contributed by atoms with van der Waals surface area (Å²) in [6, 6.07) is 7.60. The van der Waals surface area contributed by atoms with E-state index in [1.165, 1.54) is 0 Å². The lowest BCUT2D eigenvalue weighted by Gasteiger charge is -2.19. The summed E-state index contributed by atoms with van der Waals surface area (Å²) < 4.78 is 0. The Hall–Kier alpha value is -1.55. The maximum absolute atomic E-state index is 12.5. The van der Waals surface area contributed by atoms with Crippen molar-refractivity contribution in [3.8, 4) is 0 Å². The van der Waals surface area contributed by atoms with Crippen molar-refractivity contribution in [1.29, 1.82) is 0 Å². The van der Waals surface area contributed by atoms with Crippen molar-refractivity contribution in [2.75, 3.05) is 25.0 Å². The zero-order chi connectivity index (χ0) is 13.8. The molecule has 2 atom stereocenters. The molecule has 1 aromatic rings. The smallest absolute Gasteiger partial charge is 0.255 e. The number of carbonyl (C=O) groups excluding carboxylic acids is 1. The molecule has 19 heavy (non-hydrogen) atoms. The molecule has 1 aromatic carbocycles. The minimum absolute atomic E-state index is 0.0553. The third-order valence-corrected chi connectivity index (χ3v) is 3.72. The van der Waals surface area contributed by atoms with Crippen LogP contribution in [0, 0.1) is 5.92 Å². The van der Waals surface area contributed by atoms with Crippen LogP contribution in [0.4, 0.5) is 5.69 Å². The van der Waals surface area contributed by atoms with E-state index in [-0.39, 0.29) is 17.9 Å². The molecule has 1 aliphatic heterocycles. The number of likely N-dealkylation sites (tertiary alicyclic amines) is 1. The van der Waals surface area contributed by atoms with E-state index in [4.69, 9.17) is 0 Å². The summed E-state index contributed by atoms with van der Waals surface area (Å²) >= 11 is 0. The predicted octanol–water partition coefficient (Wildman–Crippen LogP) is 1.96. The van der Waals surface area contributed by atoms with Crippen molar-refractivity contribution in [2.45, 2.75) is 26.4 Å². The number of rotatable bonds is 4. The van der Waals surface area contributed by atoms with Crippen LogP contribution in [0.15, 0.2) is 24.3 Å². The number of hydrogen-bond donors (Lipinski definition) is 2. The van der Waals surface area contributed by atoms with Crippen LogP contribution in [0.2, 0.25) is 0 Å². The Bertz CT molecular complexity index is 446. The molecular weight excluding hydrogens is 240 g/mol. The van der Waals surface area contributed by atoms with Gasteiger partial charge in [0.15, 0.2) is 0 Å². The topological polar surface area (TPSA) is 52.6 Å². The number of hydrogen-bond acceptors (Lipinski definition) is 3. The second kappa shape index (κ2) is 6.06. The van der Waals surface area contributed by atoms with E-state index in [2.05, 4.69) is 5.32 Å². The van der Waals surface area contributed by atoms with Crippen LogP contribution in [0.5, 0.6) is 0 Å². The van der Waals surface area contributed by atoms with Crippen LogP contribution in [0.25, 0.3) is 0 Å². The van der Waals surface area contributed by atoms with Crippen LogP contribution >= 0.6 is 0 Å². The molecule has 0 saturated carbocycles. The second-order valence-corrected chi connectivity index (χ2v) is 5.12. The molecule has 2 N–H and O–H groups in total. The first-order chi connectivity index (χ1) is 9.13. The van der Waals surface area contributed by atoms with Gasteiger partial charge in [0.2, 0.25) is 0 Å². The number of benzene rings is 1. The summed E-state index contributed by atoms with van der Waals surface area (Å²) in [5.41, 5.74) is 1.60. The molecule has 0 spiro atoms. The Balaban J connectivity index is 2.12. The van der Waals surface area contributed by atoms with Crippen molar-refractivity contribution in [2.24, 2.45) is 5.92 Å². The highest BCUT2D eigenvalue weighted by atomic mass is 16.3. The Morgan fingerprint density at radius 2 is 2.26 bits per heavy atom. The summed E-state index contributed by atoms with van der Waals surface area (Å²) in [5, 5.41) is 12.8. The SMILES string of the molecule is CCNc1ccccc1C(=O)N1CCC(C(C)O)C1. The molecule has 1 saturated heterocycles. The molecule has 0 bridgehead atoms. The van der Waals surface area contributed by atoms with Crippen molar-refractivity contribution < 1.29 is 9.90 Å². The fraction of sp³-hybridized carbons (Fsp3) is 0.533. The van der Waals surface area contributed by atoms with Crippen LogP contribution in [-0.2, 0) is 0 Å². The molecular formula is C15H22N2O2. The lowest BCUT2D eigenvalue weighted by Crippen LogP contribution is -2.31. The van der Waals surface area contributed by atoms with E-state index in [0.29, 0.717) is 6.54 Å². The van der Waals surface area contributed by atoms with Gasteiger partial charge in [-0.1, -0.05) is 12.1 Å². The average Bonchev–Trinajstić information content (AvgIpc) is 2.89. The molecule has 1 amide bonds. The fourth-order valence-electron chi connectivity index (χ4n) is 2.55. The van der Waals surface area contributed by atoms with Gasteiger partial charge >= 0.3 is 0 Å². The lowest BCUT2D eigenvalue weighted by atomic mass is 10.0. The molecule has 0 radical (unpaired) electrons. The predicted molar refractivity (Wildman–Crippen MR) is 76.3 cm³/mol. The van der Waals surface area contributed by atoms with Crippen LogP contribution in [-0.4, -0.2) is 41.7 Å². The standard InChI is InChI=1S/C15H22N2O2/c1-3-16-14-7-5-4-6-13(14)15(19)17-9-8-12(10-17)11(2)18/h4-7,11-12,16,18H,3,8-10H2,1-2H3. The number of anilines is 1. The Labute approximate surface area is 114 Å². The highest BCUT2D eigenvalue weighted by Gasteiger charge is 2.30. The van der Waals surface area contributed by atoms with E-state index in [9.17, 15) is 9.90 Å². The third kappa shape index (κ3) is 3.07. The van der Waals surface area contributed by atoms with E-state index in [0.717, 1.165) is 30.8 Å². The maximum atomic E-state index is 12.5. The van der Waals surface area contributed by atoms with E-state index >= 15 is 0 Å². The number of carbonyl (C=O) groups is 1. The van der Waals surface area contributed by atoms with E-state index in [1.807, 2.05) is 36.1 Å². The van der Waals surface area contributed by atoms with Crippen molar-refractivity contribution in [1.82, 2.24) is 4.90 Å². The zero-order valence-electron chi connectivity index (χ0n) is 11.6. The quantitative estimate of drug-likeness (QED) is 0.872. The summed E-state index contributed by atoms with van der Waals surface area (Å²) in [5.74, 6) is 0.259. The zero-order valence-corrected chi connectivity index (χ0v) is 11.6. The average molecular weight is 262 g/mol. The second-order valence-electron chi connectivity index (χ2n) is 5.12. The van der Waals surface area contributed by atoms with Gasteiger partial charge in [-0.2, -0.15) is 0 Å². The van der Waals surface area contributed by atoms with Gasteiger partial charge in [-0.05, 0) is 32.4 Å². The summed E-state index contributed by atoms with van der Waals surface area (Å²) in [7, 11) is 0. The Morgan fingerprint density at radius 1 is 1.53 bits per heavy atom. The van der Waals surface area contributed by atoms with Crippen LogP contribution in [0.3, 0.4) is 0 Å². The highest BCUT2D eigenvalue weighted by molar-refractivity contribution is 5.99. The summed E-state index contributed by atoms with van der Waals surface area (Å²) in [6.07, 6.45) is 0.536. The number of amides is 1. The van der Waals surface area contributed by atoms with Gasteiger partial charge in [-0.3, -0.25) is 4.79 Å². The molecule has 0 aromatic heterocycles. The van der Waals surface area contributed by atoms with Crippen molar-refractivity contribution >= 4 is 11.6 Å². The Morgan fingerprint density at radius 3 is 2.89 bits per heavy atom. The van der Waals surface area contributed by atoms with Gasteiger partial charge in [-0.15, -0.1) is 0 Å². The van der Waals surface area contributed by atoms with Crippen molar-refractivity contribution in [3.63, 3.8) is 0 Å². The van der Waals surface area contributed by atoms with Crippen molar-refractivity contribution in [3.05, 3.63) is 29.8 Å². The van der Waals surface area contributed by atoms with Gasteiger partial charge in [0, 0.05) is 31.2 Å². The van der Waals surface area contributed by atoms with Crippen LogP contribution < -0.4 is 5.32 Å². The van der Waals surface area contributed by atoms with Crippen LogP contribution in [0.1, 0.15) is 30.6 Å². The number of aliphatic hydroxyl groups is 1. The third-order valence-electron chi connectivity index (χ3n) is 3.72. The molecule has 2 rings (SSSR count). The van der Waals surface area contributed by atoms with Gasteiger partial charge in [-0.25, -0.2) is 0 Å². The summed E-state index contributed by atoms with van der Waals surface area (Å²) in [6.45, 7) is 5.98. The van der Waals surface area contributed by atoms with Gasteiger partial charge in [0.05, 0.1) is 11.7 Å².